The minimum Gasteiger partial charge on any atom is -0.366 e. The molecule has 1 fully saturated rings. The van der Waals surface area contributed by atoms with Gasteiger partial charge in [0.25, 0.3) is 5.56 Å². The number of para-hydroxylation sites is 1. The van der Waals surface area contributed by atoms with E-state index in [9.17, 15) is 4.79 Å². The Labute approximate surface area is 195 Å². The fourth-order valence-corrected chi connectivity index (χ4v) is 4.21. The lowest BCUT2D eigenvalue weighted by Crippen LogP contribution is -2.47. The second kappa shape index (κ2) is 9.51. The van der Waals surface area contributed by atoms with Crippen LogP contribution in [0.3, 0.4) is 0 Å². The van der Waals surface area contributed by atoms with Gasteiger partial charge in [-0.2, -0.15) is 9.78 Å². The topological polar surface area (TPSA) is 85.0 Å². The predicted molar refractivity (Wildman–Crippen MR) is 126 cm³/mol. The molecule has 1 aliphatic rings. The molecule has 4 aromatic rings. The van der Waals surface area contributed by atoms with Crippen molar-refractivity contribution in [2.45, 2.75) is 13.1 Å². The highest BCUT2D eigenvalue weighted by Gasteiger charge is 2.23. The van der Waals surface area contributed by atoms with Crippen molar-refractivity contribution in [3.63, 3.8) is 0 Å². The number of hydrogen-bond donors (Lipinski definition) is 0. The Morgan fingerprint density at radius 3 is 2.30 bits per heavy atom. The molecule has 0 unspecified atom stereocenters. The molecule has 1 aliphatic heterocycles. The Kier molecular flexibility index (Phi) is 6.14. The molecule has 2 aromatic carbocycles. The van der Waals surface area contributed by atoms with Crippen molar-refractivity contribution >= 4 is 17.3 Å². The van der Waals surface area contributed by atoms with Gasteiger partial charge in [0.05, 0.1) is 30.7 Å². The number of rotatable bonds is 6. The molecule has 5 rings (SSSR count). The minimum absolute atomic E-state index is 0.189. The van der Waals surface area contributed by atoms with Crippen molar-refractivity contribution in [2.24, 2.45) is 0 Å². The van der Waals surface area contributed by atoms with E-state index in [1.165, 1.54) is 4.68 Å². The highest BCUT2D eigenvalue weighted by Crippen LogP contribution is 2.23. The highest BCUT2D eigenvalue weighted by molar-refractivity contribution is 6.33. The van der Waals surface area contributed by atoms with Crippen LogP contribution in [0.2, 0.25) is 5.02 Å². The van der Waals surface area contributed by atoms with Gasteiger partial charge in [0.1, 0.15) is 5.02 Å². The van der Waals surface area contributed by atoms with Crippen LogP contribution in [-0.2, 0) is 13.1 Å². The normalized spacial score (nSPS) is 14.5. The van der Waals surface area contributed by atoms with Crippen molar-refractivity contribution in [3.8, 4) is 5.69 Å². The summed E-state index contributed by atoms with van der Waals surface area (Å²) >= 11 is 6.47. The molecule has 0 bridgehead atoms. The SMILES string of the molecule is O=c1c(Cl)c(N2CCN(Cc3nnnn3Cc3ccccc3)CC2)cnn1-c1ccccc1. The molecular formula is C23H23ClN8O. The molecular weight excluding hydrogens is 440 g/mol. The van der Waals surface area contributed by atoms with Crippen LogP contribution < -0.4 is 10.5 Å². The molecule has 0 aliphatic carbocycles. The Hall–Kier alpha value is -3.56. The summed E-state index contributed by atoms with van der Waals surface area (Å²) in [6.07, 6.45) is 1.67. The Bertz CT molecular complexity index is 1270. The van der Waals surface area contributed by atoms with Gasteiger partial charge >= 0.3 is 0 Å². The summed E-state index contributed by atoms with van der Waals surface area (Å²) in [5, 5.41) is 16.8. The van der Waals surface area contributed by atoms with Crippen molar-refractivity contribution in [2.75, 3.05) is 31.1 Å². The summed E-state index contributed by atoms with van der Waals surface area (Å²) in [6, 6.07) is 19.4. The van der Waals surface area contributed by atoms with E-state index < -0.39 is 0 Å². The molecule has 0 radical (unpaired) electrons. The molecule has 0 amide bonds. The second-order valence-corrected chi connectivity index (χ2v) is 8.28. The quantitative estimate of drug-likeness (QED) is 0.434. The highest BCUT2D eigenvalue weighted by atomic mass is 35.5. The van der Waals surface area contributed by atoms with Crippen LogP contribution in [0.15, 0.2) is 71.7 Å². The van der Waals surface area contributed by atoms with E-state index in [4.69, 9.17) is 11.6 Å². The maximum absolute atomic E-state index is 12.8. The fraction of sp³-hybridized carbons (Fsp3) is 0.261. The van der Waals surface area contributed by atoms with Gasteiger partial charge in [0.2, 0.25) is 0 Å². The van der Waals surface area contributed by atoms with Crippen LogP contribution in [0, 0.1) is 0 Å². The smallest absolute Gasteiger partial charge is 0.292 e. The lowest BCUT2D eigenvalue weighted by atomic mass is 10.2. The van der Waals surface area contributed by atoms with Gasteiger partial charge in [0, 0.05) is 26.2 Å². The first-order chi connectivity index (χ1) is 16.2. The summed E-state index contributed by atoms with van der Waals surface area (Å²) < 4.78 is 3.17. The third-order valence-electron chi connectivity index (χ3n) is 5.76. The van der Waals surface area contributed by atoms with E-state index in [2.05, 4.69) is 42.6 Å². The van der Waals surface area contributed by atoms with Gasteiger partial charge in [-0.15, -0.1) is 5.10 Å². The number of halogens is 1. The van der Waals surface area contributed by atoms with Crippen molar-refractivity contribution < 1.29 is 0 Å². The standard InChI is InChI=1S/C23H23ClN8O/c24-22-20(15-25-32(23(22)33)19-9-5-2-6-10-19)30-13-11-29(12-14-30)17-21-26-27-28-31(21)16-18-7-3-1-4-8-18/h1-10,15H,11-14,16-17H2. The summed E-state index contributed by atoms with van der Waals surface area (Å²) in [4.78, 5) is 17.2. The third kappa shape index (κ3) is 4.64. The molecule has 3 heterocycles. The molecule has 0 spiro atoms. The van der Waals surface area contributed by atoms with E-state index in [1.54, 1.807) is 6.20 Å². The number of benzene rings is 2. The third-order valence-corrected chi connectivity index (χ3v) is 6.12. The summed E-state index contributed by atoms with van der Waals surface area (Å²) in [6.45, 7) is 4.37. The minimum atomic E-state index is -0.317. The lowest BCUT2D eigenvalue weighted by Gasteiger charge is -2.35. The van der Waals surface area contributed by atoms with E-state index in [0.29, 0.717) is 24.5 Å². The summed E-state index contributed by atoms with van der Waals surface area (Å²) in [7, 11) is 0. The fourth-order valence-electron chi connectivity index (χ4n) is 3.96. The average molecular weight is 463 g/mol. The van der Waals surface area contributed by atoms with Crippen LogP contribution >= 0.6 is 11.6 Å². The van der Waals surface area contributed by atoms with E-state index >= 15 is 0 Å². The van der Waals surface area contributed by atoms with Crippen molar-refractivity contribution in [1.82, 2.24) is 34.9 Å². The van der Waals surface area contributed by atoms with Gasteiger partial charge in [-0.1, -0.05) is 60.1 Å². The zero-order chi connectivity index (χ0) is 22.6. The van der Waals surface area contributed by atoms with Crippen LogP contribution in [0.25, 0.3) is 5.69 Å². The van der Waals surface area contributed by atoms with Crippen molar-refractivity contribution in [3.05, 3.63) is 93.6 Å². The average Bonchev–Trinajstić information content (AvgIpc) is 3.29. The monoisotopic (exact) mass is 462 g/mol. The molecule has 0 saturated carbocycles. The molecule has 33 heavy (non-hydrogen) atoms. The van der Waals surface area contributed by atoms with E-state index in [-0.39, 0.29) is 10.6 Å². The van der Waals surface area contributed by atoms with Crippen LogP contribution in [0.1, 0.15) is 11.4 Å². The van der Waals surface area contributed by atoms with Crippen LogP contribution in [0.4, 0.5) is 5.69 Å². The molecule has 9 nitrogen and oxygen atoms in total. The van der Waals surface area contributed by atoms with Gasteiger partial charge in [0.15, 0.2) is 5.82 Å². The first-order valence-corrected chi connectivity index (χ1v) is 11.2. The predicted octanol–water partition coefficient (Wildman–Crippen LogP) is 2.24. The Morgan fingerprint density at radius 2 is 1.58 bits per heavy atom. The number of hydrogen-bond acceptors (Lipinski definition) is 7. The van der Waals surface area contributed by atoms with Crippen LogP contribution in [-0.4, -0.2) is 61.1 Å². The Balaban J connectivity index is 1.24. The maximum atomic E-state index is 12.8. The largest absolute Gasteiger partial charge is 0.366 e. The molecule has 1 saturated heterocycles. The number of nitrogens with zero attached hydrogens (tertiary/aromatic N) is 8. The van der Waals surface area contributed by atoms with Gasteiger partial charge in [-0.05, 0) is 28.1 Å². The first kappa shape index (κ1) is 21.3. The molecule has 0 N–H and O–H groups in total. The van der Waals surface area contributed by atoms with Gasteiger partial charge < -0.3 is 4.90 Å². The zero-order valence-electron chi connectivity index (χ0n) is 18.0. The Morgan fingerprint density at radius 1 is 0.879 bits per heavy atom. The first-order valence-electron chi connectivity index (χ1n) is 10.8. The van der Waals surface area contributed by atoms with E-state index in [1.807, 2.05) is 53.2 Å². The molecule has 2 aromatic heterocycles. The lowest BCUT2D eigenvalue weighted by molar-refractivity contribution is 0.240. The molecule has 10 heteroatoms. The van der Waals surface area contributed by atoms with Gasteiger partial charge in [-0.3, -0.25) is 9.69 Å². The molecule has 0 atom stereocenters. The van der Waals surface area contributed by atoms with E-state index in [0.717, 1.165) is 37.6 Å². The maximum Gasteiger partial charge on any atom is 0.292 e. The number of tetrazole rings is 1. The van der Waals surface area contributed by atoms with Crippen LogP contribution in [0.5, 0.6) is 0 Å². The zero-order valence-corrected chi connectivity index (χ0v) is 18.7. The number of aromatic nitrogens is 6. The molecule has 168 valence electrons. The number of piperazine rings is 1. The number of anilines is 1. The summed E-state index contributed by atoms with van der Waals surface area (Å²) in [5.41, 5.74) is 2.20. The second-order valence-electron chi connectivity index (χ2n) is 7.90. The van der Waals surface area contributed by atoms with Gasteiger partial charge in [-0.25, -0.2) is 4.68 Å². The summed E-state index contributed by atoms with van der Waals surface area (Å²) in [5.74, 6) is 0.831. The van der Waals surface area contributed by atoms with Crippen molar-refractivity contribution in [1.29, 1.82) is 0 Å².